The van der Waals surface area contributed by atoms with E-state index >= 15 is 0 Å². The first-order valence-electron chi connectivity index (χ1n) is 17.0. The molecule has 0 unspecified atom stereocenters. The predicted octanol–water partition coefficient (Wildman–Crippen LogP) is 4.03. The van der Waals surface area contributed by atoms with Crippen LogP contribution < -0.4 is 25.7 Å². The van der Waals surface area contributed by atoms with Crippen molar-refractivity contribution >= 4 is 23.8 Å². The number of hydrogen-bond donors (Lipinski definition) is 4. The fourth-order valence-corrected chi connectivity index (χ4v) is 5.66. The Hall–Kier alpha value is -4.85. The maximum absolute atomic E-state index is 13.8. The van der Waals surface area contributed by atoms with Crippen LogP contribution in [-0.2, 0) is 38.6 Å². The van der Waals surface area contributed by atoms with Crippen molar-refractivity contribution in [1.82, 2.24) is 21.1 Å². The molecule has 3 atom stereocenters. The van der Waals surface area contributed by atoms with Crippen LogP contribution >= 0.6 is 0 Å². The van der Waals surface area contributed by atoms with Crippen molar-refractivity contribution in [2.75, 3.05) is 52.0 Å². The van der Waals surface area contributed by atoms with E-state index in [-0.39, 0.29) is 26.1 Å². The Kier molecular flexibility index (Phi) is 14.5. The van der Waals surface area contributed by atoms with E-state index in [2.05, 4.69) is 21.0 Å². The zero-order valence-corrected chi connectivity index (χ0v) is 30.1. The second kappa shape index (κ2) is 18.9. The number of hydrogen-bond acceptors (Lipinski definition) is 10. The molecule has 3 aromatic carbocycles. The van der Waals surface area contributed by atoms with Crippen molar-refractivity contribution in [2.45, 2.75) is 58.5 Å². The smallest absolute Gasteiger partial charge is 0.422 e. The summed E-state index contributed by atoms with van der Waals surface area (Å²) in [5.74, 6) is 0.171. The summed E-state index contributed by atoms with van der Waals surface area (Å²) >= 11 is 0. The topological polar surface area (TPSA) is 151 Å². The molecule has 0 radical (unpaired) electrons. The number of aliphatic hydroxyl groups excluding tert-OH is 1. The van der Waals surface area contributed by atoms with Gasteiger partial charge in [0.1, 0.15) is 18.4 Å². The van der Waals surface area contributed by atoms with Gasteiger partial charge in [0.2, 0.25) is 5.91 Å². The average Bonchev–Trinajstić information content (AvgIpc) is 3.13. The number of carbonyl (C=O) groups excluding carboxylic acids is 3. The standard InChI is InChI=1S/C38H51N5O8/c1-38(2,3)34(40-36(46)49-5)35(45)39-32(23-27-13-17-31(48-4)18-14-27)33(44)25-43(41-37(47)51-26-29-9-7-6-8-10-29)24-28-11-15-30(16-12-28)42-19-21-50-22-20-42/h6-18,32-34,44H,19-26H2,1-5H3,(H,39,45)(H,40,46)(H,41,47)/t32-,33-,34+/m0/s1. The van der Waals surface area contributed by atoms with Gasteiger partial charge in [0, 0.05) is 31.9 Å². The molecule has 3 aromatic rings. The molecular weight excluding hydrogens is 654 g/mol. The molecule has 1 aliphatic heterocycles. The quantitative estimate of drug-likeness (QED) is 0.171. The number of ether oxygens (including phenoxy) is 4. The van der Waals surface area contributed by atoms with Gasteiger partial charge < -0.3 is 39.6 Å². The maximum atomic E-state index is 13.8. The third kappa shape index (κ3) is 12.5. The number of hydrazine groups is 1. The van der Waals surface area contributed by atoms with Crippen LogP contribution in [0.5, 0.6) is 5.75 Å². The number of amides is 3. The summed E-state index contributed by atoms with van der Waals surface area (Å²) in [5, 5.41) is 19.0. The number of carbonyl (C=O) groups is 3. The van der Waals surface area contributed by atoms with Gasteiger partial charge in [-0.3, -0.25) is 10.2 Å². The van der Waals surface area contributed by atoms with Crippen LogP contribution in [0, 0.1) is 5.41 Å². The molecule has 13 nitrogen and oxygen atoms in total. The lowest BCUT2D eigenvalue weighted by atomic mass is 9.85. The van der Waals surface area contributed by atoms with E-state index in [1.807, 2.05) is 87.5 Å². The first-order valence-corrected chi connectivity index (χ1v) is 17.0. The van der Waals surface area contributed by atoms with E-state index in [9.17, 15) is 19.5 Å². The molecule has 0 bridgehead atoms. The SMILES string of the molecule is COC(=O)N[C@H](C(=O)N[C@@H](Cc1ccc(OC)cc1)[C@@H](O)CN(Cc1ccc(N2CCOCC2)cc1)NC(=O)OCc1ccccc1)C(C)(C)C. The highest BCUT2D eigenvalue weighted by molar-refractivity contribution is 5.86. The molecule has 0 aromatic heterocycles. The molecule has 1 saturated heterocycles. The molecule has 1 aliphatic rings. The third-order valence-electron chi connectivity index (χ3n) is 8.54. The average molecular weight is 706 g/mol. The van der Waals surface area contributed by atoms with Gasteiger partial charge in [-0.15, -0.1) is 0 Å². The largest absolute Gasteiger partial charge is 0.497 e. The van der Waals surface area contributed by atoms with Crippen LogP contribution in [0.4, 0.5) is 15.3 Å². The van der Waals surface area contributed by atoms with Gasteiger partial charge in [0.25, 0.3) is 0 Å². The van der Waals surface area contributed by atoms with Crippen molar-refractivity contribution in [1.29, 1.82) is 0 Å². The van der Waals surface area contributed by atoms with Crippen LogP contribution in [0.25, 0.3) is 0 Å². The van der Waals surface area contributed by atoms with E-state index in [0.29, 0.717) is 19.0 Å². The minimum atomic E-state index is -1.18. The normalized spacial score (nSPS) is 14.9. The lowest BCUT2D eigenvalue weighted by molar-refractivity contribution is -0.127. The summed E-state index contributed by atoms with van der Waals surface area (Å²) in [7, 11) is 2.80. The second-order valence-electron chi connectivity index (χ2n) is 13.5. The van der Waals surface area contributed by atoms with Gasteiger partial charge in [0.15, 0.2) is 0 Å². The van der Waals surface area contributed by atoms with Crippen molar-refractivity contribution in [3.63, 3.8) is 0 Å². The van der Waals surface area contributed by atoms with Gasteiger partial charge in [-0.2, -0.15) is 0 Å². The monoisotopic (exact) mass is 705 g/mol. The van der Waals surface area contributed by atoms with Crippen LogP contribution in [-0.4, -0.2) is 93.5 Å². The number of methoxy groups -OCH3 is 2. The Morgan fingerprint density at radius 2 is 1.51 bits per heavy atom. The Morgan fingerprint density at radius 3 is 2.12 bits per heavy atom. The maximum Gasteiger partial charge on any atom is 0.422 e. The molecule has 13 heteroatoms. The number of aliphatic hydroxyl groups is 1. The highest BCUT2D eigenvalue weighted by Crippen LogP contribution is 2.22. The Bertz CT molecular complexity index is 1530. The molecular formula is C38H51N5O8. The number of nitrogens with one attached hydrogen (secondary N) is 3. The van der Waals surface area contributed by atoms with Crippen molar-refractivity contribution < 1.29 is 38.4 Å². The van der Waals surface area contributed by atoms with E-state index in [4.69, 9.17) is 18.9 Å². The van der Waals surface area contributed by atoms with Crippen LogP contribution in [0.3, 0.4) is 0 Å². The van der Waals surface area contributed by atoms with Crippen molar-refractivity contribution in [3.8, 4) is 5.75 Å². The van der Waals surface area contributed by atoms with Crippen LogP contribution in [0.15, 0.2) is 78.9 Å². The number of rotatable bonds is 15. The fourth-order valence-electron chi connectivity index (χ4n) is 5.66. The Morgan fingerprint density at radius 1 is 0.863 bits per heavy atom. The highest BCUT2D eigenvalue weighted by Gasteiger charge is 2.36. The number of morpholine rings is 1. The number of anilines is 1. The van der Waals surface area contributed by atoms with E-state index < -0.39 is 41.7 Å². The van der Waals surface area contributed by atoms with Crippen molar-refractivity contribution in [3.05, 3.63) is 95.6 Å². The molecule has 0 aliphatic carbocycles. The molecule has 1 heterocycles. The Balaban J connectivity index is 1.56. The van der Waals surface area contributed by atoms with E-state index in [0.717, 1.165) is 35.5 Å². The van der Waals surface area contributed by atoms with Crippen LogP contribution in [0.2, 0.25) is 0 Å². The molecule has 4 rings (SSSR count). The summed E-state index contributed by atoms with van der Waals surface area (Å²) in [4.78, 5) is 41.3. The molecule has 0 spiro atoms. The molecule has 0 saturated carbocycles. The summed E-state index contributed by atoms with van der Waals surface area (Å²) in [6, 6.07) is 22.8. The van der Waals surface area contributed by atoms with Gasteiger partial charge in [0.05, 0.1) is 39.6 Å². The first-order chi connectivity index (χ1) is 24.4. The predicted molar refractivity (Wildman–Crippen MR) is 193 cm³/mol. The van der Waals surface area contributed by atoms with Gasteiger partial charge in [-0.25, -0.2) is 14.6 Å². The summed E-state index contributed by atoms with van der Waals surface area (Å²) in [6.07, 6.45) is -2.38. The van der Waals surface area contributed by atoms with Gasteiger partial charge in [-0.1, -0.05) is 75.4 Å². The minimum absolute atomic E-state index is 0.0643. The summed E-state index contributed by atoms with van der Waals surface area (Å²) in [5.41, 5.74) is 5.72. The van der Waals surface area contributed by atoms with E-state index in [1.54, 1.807) is 24.3 Å². The summed E-state index contributed by atoms with van der Waals surface area (Å²) in [6.45, 7) is 8.64. The highest BCUT2D eigenvalue weighted by atomic mass is 16.6. The minimum Gasteiger partial charge on any atom is -0.497 e. The molecule has 51 heavy (non-hydrogen) atoms. The number of nitrogens with zero attached hydrogens (tertiary/aromatic N) is 2. The lowest BCUT2D eigenvalue weighted by Crippen LogP contribution is -2.59. The molecule has 276 valence electrons. The van der Waals surface area contributed by atoms with Crippen molar-refractivity contribution in [2.24, 2.45) is 5.41 Å². The van der Waals surface area contributed by atoms with E-state index in [1.165, 1.54) is 7.11 Å². The zero-order valence-electron chi connectivity index (χ0n) is 30.1. The molecule has 4 N–H and O–H groups in total. The third-order valence-corrected chi connectivity index (χ3v) is 8.54. The zero-order chi connectivity index (χ0) is 36.8. The number of benzene rings is 3. The first kappa shape index (κ1) is 38.9. The van der Waals surface area contributed by atoms with Gasteiger partial charge >= 0.3 is 12.2 Å². The fraction of sp³-hybridized carbons (Fsp3) is 0.447. The second-order valence-corrected chi connectivity index (χ2v) is 13.5. The lowest BCUT2D eigenvalue weighted by Gasteiger charge is -2.34. The Labute approximate surface area is 300 Å². The molecule has 3 amide bonds. The molecule has 1 fully saturated rings. The van der Waals surface area contributed by atoms with Crippen LogP contribution in [0.1, 0.15) is 37.5 Å². The number of alkyl carbamates (subject to hydrolysis) is 1. The summed E-state index contributed by atoms with van der Waals surface area (Å²) < 4.78 is 21.1. The van der Waals surface area contributed by atoms with Gasteiger partial charge in [-0.05, 0) is 52.8 Å².